The van der Waals surface area contributed by atoms with E-state index in [-0.39, 0.29) is 0 Å². The lowest BCUT2D eigenvalue weighted by Gasteiger charge is -2.22. The van der Waals surface area contributed by atoms with Crippen molar-refractivity contribution in [2.75, 3.05) is 26.4 Å². The van der Waals surface area contributed by atoms with Crippen molar-refractivity contribution < 1.29 is 9.57 Å². The van der Waals surface area contributed by atoms with Crippen LogP contribution in [-0.4, -0.2) is 26.4 Å². The third-order valence-corrected chi connectivity index (χ3v) is 2.15. The highest BCUT2D eigenvalue weighted by atomic mass is 16.6. The van der Waals surface area contributed by atoms with Gasteiger partial charge in [-0.05, 0) is 24.7 Å². The van der Waals surface area contributed by atoms with Crippen LogP contribution in [0.3, 0.4) is 0 Å². The lowest BCUT2D eigenvalue weighted by molar-refractivity contribution is -0.00846. The molecule has 1 fully saturated rings. The first-order chi connectivity index (χ1) is 6.29. The molecule has 1 aliphatic rings. The predicted molar refractivity (Wildman–Crippen MR) is 52.3 cm³/mol. The standard InChI is InChI=1S/C10H21NO2/c1-9(2)7-13-11-6-10-4-3-5-12-8-10/h9-11H,3-8H2,1-2H3. The minimum Gasteiger partial charge on any atom is -0.381 e. The zero-order valence-electron chi connectivity index (χ0n) is 8.71. The Balaban J connectivity index is 1.92. The van der Waals surface area contributed by atoms with E-state index in [2.05, 4.69) is 19.3 Å². The molecule has 0 aromatic rings. The van der Waals surface area contributed by atoms with Crippen molar-refractivity contribution in [2.45, 2.75) is 26.7 Å². The van der Waals surface area contributed by atoms with E-state index in [1.807, 2.05) is 0 Å². The largest absolute Gasteiger partial charge is 0.381 e. The maximum absolute atomic E-state index is 5.36. The summed E-state index contributed by atoms with van der Waals surface area (Å²) in [6.45, 7) is 7.82. The second-order valence-electron chi connectivity index (χ2n) is 4.14. The van der Waals surface area contributed by atoms with Gasteiger partial charge < -0.3 is 9.57 Å². The van der Waals surface area contributed by atoms with Gasteiger partial charge >= 0.3 is 0 Å². The van der Waals surface area contributed by atoms with Crippen molar-refractivity contribution in [2.24, 2.45) is 11.8 Å². The number of hydrogen-bond acceptors (Lipinski definition) is 3. The molecule has 1 heterocycles. The summed E-state index contributed by atoms with van der Waals surface area (Å²) in [7, 11) is 0. The quantitative estimate of drug-likeness (QED) is 0.523. The summed E-state index contributed by atoms with van der Waals surface area (Å²) in [5.41, 5.74) is 3.01. The van der Waals surface area contributed by atoms with Crippen LogP contribution in [0.25, 0.3) is 0 Å². The number of rotatable bonds is 5. The van der Waals surface area contributed by atoms with Gasteiger partial charge in [-0.15, -0.1) is 0 Å². The van der Waals surface area contributed by atoms with E-state index in [4.69, 9.17) is 9.57 Å². The average Bonchev–Trinajstić information content (AvgIpc) is 2.14. The molecule has 0 spiro atoms. The first-order valence-corrected chi connectivity index (χ1v) is 5.21. The summed E-state index contributed by atoms with van der Waals surface area (Å²) in [4.78, 5) is 5.29. The highest BCUT2D eigenvalue weighted by molar-refractivity contribution is 4.63. The Morgan fingerprint density at radius 3 is 3.00 bits per heavy atom. The average molecular weight is 187 g/mol. The van der Waals surface area contributed by atoms with Crippen LogP contribution in [0.1, 0.15) is 26.7 Å². The fraction of sp³-hybridized carbons (Fsp3) is 1.00. The van der Waals surface area contributed by atoms with Crippen molar-refractivity contribution in [1.82, 2.24) is 5.48 Å². The van der Waals surface area contributed by atoms with Gasteiger partial charge in [0.2, 0.25) is 0 Å². The van der Waals surface area contributed by atoms with Gasteiger partial charge in [0.15, 0.2) is 0 Å². The molecular formula is C10H21NO2. The van der Waals surface area contributed by atoms with E-state index >= 15 is 0 Å². The Kier molecular flexibility index (Phi) is 5.35. The monoisotopic (exact) mass is 187 g/mol. The summed E-state index contributed by atoms with van der Waals surface area (Å²) < 4.78 is 5.36. The summed E-state index contributed by atoms with van der Waals surface area (Å²) in [5, 5.41) is 0. The normalized spacial score (nSPS) is 23.8. The van der Waals surface area contributed by atoms with Crippen molar-refractivity contribution in [3.8, 4) is 0 Å². The summed E-state index contributed by atoms with van der Waals surface area (Å²) in [5.74, 6) is 1.23. The Hall–Kier alpha value is -0.120. The molecule has 0 radical (unpaired) electrons. The summed E-state index contributed by atoms with van der Waals surface area (Å²) >= 11 is 0. The van der Waals surface area contributed by atoms with Gasteiger partial charge in [0, 0.05) is 13.2 Å². The van der Waals surface area contributed by atoms with Crippen molar-refractivity contribution in [1.29, 1.82) is 0 Å². The molecular weight excluding hydrogens is 166 g/mol. The first kappa shape index (κ1) is 11.0. The molecule has 0 bridgehead atoms. The third-order valence-electron chi connectivity index (χ3n) is 2.15. The molecule has 0 amide bonds. The minimum absolute atomic E-state index is 0.593. The van der Waals surface area contributed by atoms with Crippen molar-refractivity contribution in [3.63, 3.8) is 0 Å². The molecule has 0 aromatic carbocycles. The Morgan fingerprint density at radius 2 is 2.38 bits per heavy atom. The predicted octanol–water partition coefficient (Wildman–Crippen LogP) is 1.59. The number of ether oxygens (including phenoxy) is 1. The minimum atomic E-state index is 0.593. The van der Waals surface area contributed by atoms with Gasteiger partial charge in [-0.2, -0.15) is 0 Å². The molecule has 0 aromatic heterocycles. The molecule has 0 saturated carbocycles. The van der Waals surface area contributed by atoms with E-state index in [1.54, 1.807) is 0 Å². The van der Waals surface area contributed by atoms with Crippen molar-refractivity contribution >= 4 is 0 Å². The summed E-state index contributed by atoms with van der Waals surface area (Å²) in [6, 6.07) is 0. The molecule has 78 valence electrons. The SMILES string of the molecule is CC(C)CONCC1CCCOC1. The van der Waals surface area contributed by atoms with E-state index < -0.39 is 0 Å². The van der Waals surface area contributed by atoms with Gasteiger partial charge in [0.1, 0.15) is 0 Å². The zero-order chi connectivity index (χ0) is 9.52. The third kappa shape index (κ3) is 5.24. The highest BCUT2D eigenvalue weighted by Gasteiger charge is 2.13. The molecule has 1 atom stereocenters. The Labute approximate surface area is 80.7 Å². The van der Waals surface area contributed by atoms with Crippen molar-refractivity contribution in [3.05, 3.63) is 0 Å². The maximum Gasteiger partial charge on any atom is 0.0705 e. The second-order valence-corrected chi connectivity index (χ2v) is 4.14. The Bertz CT molecular complexity index is 122. The van der Waals surface area contributed by atoms with Crippen LogP contribution in [0.4, 0.5) is 0 Å². The fourth-order valence-corrected chi connectivity index (χ4v) is 1.37. The number of hydroxylamine groups is 1. The van der Waals surface area contributed by atoms with Gasteiger partial charge in [-0.25, -0.2) is 5.48 Å². The zero-order valence-corrected chi connectivity index (χ0v) is 8.71. The molecule has 1 aliphatic heterocycles. The Morgan fingerprint density at radius 1 is 1.54 bits per heavy atom. The molecule has 1 saturated heterocycles. The topological polar surface area (TPSA) is 30.5 Å². The van der Waals surface area contributed by atoms with Crippen LogP contribution in [-0.2, 0) is 9.57 Å². The maximum atomic E-state index is 5.36. The second kappa shape index (κ2) is 6.35. The van der Waals surface area contributed by atoms with Crippen LogP contribution in [0.2, 0.25) is 0 Å². The molecule has 1 N–H and O–H groups in total. The molecule has 3 heteroatoms. The lowest BCUT2D eigenvalue weighted by atomic mass is 10.0. The number of nitrogens with one attached hydrogen (secondary N) is 1. The fourth-order valence-electron chi connectivity index (χ4n) is 1.37. The van der Waals surface area contributed by atoms with Crippen LogP contribution in [0, 0.1) is 11.8 Å². The number of hydrogen-bond donors (Lipinski definition) is 1. The smallest absolute Gasteiger partial charge is 0.0705 e. The van der Waals surface area contributed by atoms with E-state index in [1.165, 1.54) is 12.8 Å². The van der Waals surface area contributed by atoms with Gasteiger partial charge in [0.05, 0.1) is 13.2 Å². The summed E-state index contributed by atoms with van der Waals surface area (Å²) in [6.07, 6.45) is 2.45. The molecule has 0 aliphatic carbocycles. The molecule has 1 rings (SSSR count). The van der Waals surface area contributed by atoms with Gasteiger partial charge in [-0.3, -0.25) is 0 Å². The molecule has 13 heavy (non-hydrogen) atoms. The van der Waals surface area contributed by atoms with Crippen LogP contribution in [0.15, 0.2) is 0 Å². The van der Waals surface area contributed by atoms with Crippen LogP contribution < -0.4 is 5.48 Å². The van der Waals surface area contributed by atoms with E-state index in [9.17, 15) is 0 Å². The van der Waals surface area contributed by atoms with Gasteiger partial charge in [0.25, 0.3) is 0 Å². The van der Waals surface area contributed by atoms with E-state index in [0.717, 1.165) is 26.4 Å². The van der Waals surface area contributed by atoms with Crippen LogP contribution >= 0.6 is 0 Å². The van der Waals surface area contributed by atoms with Gasteiger partial charge in [-0.1, -0.05) is 13.8 Å². The highest BCUT2D eigenvalue weighted by Crippen LogP contribution is 2.11. The molecule has 3 nitrogen and oxygen atoms in total. The first-order valence-electron chi connectivity index (χ1n) is 5.21. The van der Waals surface area contributed by atoms with Crippen LogP contribution in [0.5, 0.6) is 0 Å². The van der Waals surface area contributed by atoms with E-state index in [0.29, 0.717) is 11.8 Å². The lowest BCUT2D eigenvalue weighted by Crippen LogP contribution is -2.30. The molecule has 1 unspecified atom stereocenters.